The average Bonchev–Trinajstić information content (AvgIpc) is 1.95. The van der Waals surface area contributed by atoms with Crippen molar-refractivity contribution in [1.82, 2.24) is 0 Å². The van der Waals surface area contributed by atoms with E-state index < -0.39 is 9.84 Å². The van der Waals surface area contributed by atoms with Gasteiger partial charge >= 0.3 is 0 Å². The van der Waals surface area contributed by atoms with Crippen LogP contribution in [0.4, 0.5) is 0 Å². The van der Waals surface area contributed by atoms with Crippen LogP contribution >= 0.6 is 0 Å². The average molecular weight is 200 g/mol. The minimum atomic E-state index is -3.10. The highest BCUT2D eigenvalue weighted by atomic mass is 32.2. The highest BCUT2D eigenvalue weighted by molar-refractivity contribution is 7.94. The van der Waals surface area contributed by atoms with E-state index in [1.54, 1.807) is 24.3 Å². The van der Waals surface area contributed by atoms with Crippen molar-refractivity contribution in [2.24, 2.45) is 0 Å². The Bertz CT molecular complexity index is 339. The van der Waals surface area contributed by atoms with Gasteiger partial charge in [-0.1, -0.05) is 17.7 Å². The van der Waals surface area contributed by atoms with Crippen LogP contribution in [0.1, 0.15) is 20.8 Å². The quantitative estimate of drug-likeness (QED) is 0.656. The second kappa shape index (κ2) is 5.02. The summed E-state index contributed by atoms with van der Waals surface area (Å²) in [6, 6.07) is 0. The number of hydrogen-bond acceptors (Lipinski definition) is 2. The molecular formula is C10H16O2S. The van der Waals surface area contributed by atoms with Gasteiger partial charge in [0.15, 0.2) is 9.84 Å². The molecule has 0 aromatic carbocycles. The third-order valence-electron chi connectivity index (χ3n) is 1.31. The lowest BCUT2D eigenvalue weighted by molar-refractivity contribution is 0.608. The van der Waals surface area contributed by atoms with Crippen molar-refractivity contribution in [2.45, 2.75) is 20.8 Å². The summed E-state index contributed by atoms with van der Waals surface area (Å²) in [5.74, 6) is 0. The molecular weight excluding hydrogens is 184 g/mol. The van der Waals surface area contributed by atoms with Gasteiger partial charge in [-0.3, -0.25) is 0 Å². The molecule has 0 aromatic heterocycles. The fourth-order valence-corrected chi connectivity index (χ4v) is 1.53. The summed E-state index contributed by atoms with van der Waals surface area (Å²) < 4.78 is 22.5. The zero-order chi connectivity index (χ0) is 10.5. The lowest BCUT2D eigenvalue weighted by atomic mass is 10.3. The summed E-state index contributed by atoms with van der Waals surface area (Å²) >= 11 is 0. The third-order valence-corrected chi connectivity index (χ3v) is 2.42. The maximum Gasteiger partial charge on any atom is 0.175 e. The smallest absolute Gasteiger partial charge is 0.175 e. The van der Waals surface area contributed by atoms with Gasteiger partial charge in [0.2, 0.25) is 0 Å². The van der Waals surface area contributed by atoms with Crippen molar-refractivity contribution in [3.63, 3.8) is 0 Å². The van der Waals surface area contributed by atoms with Crippen molar-refractivity contribution >= 4 is 9.84 Å². The van der Waals surface area contributed by atoms with Gasteiger partial charge in [0, 0.05) is 6.26 Å². The van der Waals surface area contributed by atoms with Gasteiger partial charge in [-0.2, -0.15) is 0 Å². The Hall–Kier alpha value is -0.830. The van der Waals surface area contributed by atoms with Crippen molar-refractivity contribution in [3.8, 4) is 0 Å². The first-order valence-corrected chi connectivity index (χ1v) is 5.95. The van der Waals surface area contributed by atoms with Crippen LogP contribution in [-0.2, 0) is 9.84 Å². The molecule has 0 N–H and O–H groups in total. The molecule has 0 unspecified atom stereocenters. The Kier molecular flexibility index (Phi) is 4.70. The molecule has 2 nitrogen and oxygen atoms in total. The minimum Gasteiger partial charge on any atom is -0.224 e. The van der Waals surface area contributed by atoms with Crippen molar-refractivity contribution in [2.75, 3.05) is 6.26 Å². The molecule has 0 amide bonds. The van der Waals surface area contributed by atoms with Gasteiger partial charge in [0.1, 0.15) is 0 Å². The van der Waals surface area contributed by atoms with Crippen LogP contribution in [0.25, 0.3) is 0 Å². The molecule has 3 heteroatoms. The van der Waals surface area contributed by atoms with Crippen LogP contribution in [0.2, 0.25) is 0 Å². The van der Waals surface area contributed by atoms with E-state index in [4.69, 9.17) is 0 Å². The predicted molar refractivity (Wildman–Crippen MR) is 57.2 cm³/mol. The predicted octanol–water partition coefficient (Wildman–Crippen LogP) is 2.46. The maximum atomic E-state index is 11.2. The van der Waals surface area contributed by atoms with Gasteiger partial charge < -0.3 is 0 Å². The third kappa shape index (κ3) is 5.42. The molecule has 0 bridgehead atoms. The van der Waals surface area contributed by atoms with Gasteiger partial charge in [-0.15, -0.1) is 0 Å². The summed E-state index contributed by atoms with van der Waals surface area (Å²) in [4.78, 5) is 0.352. The summed E-state index contributed by atoms with van der Waals surface area (Å²) in [6.45, 7) is 5.59. The molecule has 13 heavy (non-hydrogen) atoms. The molecule has 0 saturated heterocycles. The lowest BCUT2D eigenvalue weighted by Gasteiger charge is -1.98. The molecule has 0 heterocycles. The fourth-order valence-electron chi connectivity index (χ4n) is 0.754. The Morgan fingerprint density at radius 2 is 1.77 bits per heavy atom. The van der Waals surface area contributed by atoms with Gasteiger partial charge in [0.05, 0.1) is 4.91 Å². The number of allylic oxidation sites excluding steroid dienone is 5. The van der Waals surface area contributed by atoms with Crippen LogP contribution in [0.3, 0.4) is 0 Å². The molecule has 0 rings (SSSR count). The molecule has 0 aromatic rings. The first-order chi connectivity index (χ1) is 5.88. The van der Waals surface area contributed by atoms with Crippen molar-refractivity contribution in [1.29, 1.82) is 0 Å². The molecule has 0 aliphatic rings. The molecule has 0 saturated carbocycles. The number of hydrogen-bond donors (Lipinski definition) is 0. The topological polar surface area (TPSA) is 34.1 Å². The van der Waals surface area contributed by atoms with Crippen molar-refractivity contribution in [3.05, 3.63) is 34.8 Å². The lowest BCUT2D eigenvalue weighted by Crippen LogP contribution is -1.98. The van der Waals surface area contributed by atoms with E-state index in [0.29, 0.717) is 4.91 Å². The molecule has 0 atom stereocenters. The zero-order valence-corrected chi connectivity index (χ0v) is 9.35. The van der Waals surface area contributed by atoms with E-state index in [9.17, 15) is 8.42 Å². The molecule has 0 radical (unpaired) electrons. The first-order valence-electron chi connectivity index (χ1n) is 4.06. The normalized spacial score (nSPS) is 13.4. The molecule has 0 aliphatic carbocycles. The van der Waals surface area contributed by atoms with E-state index in [1.807, 2.05) is 20.8 Å². The van der Waals surface area contributed by atoms with E-state index in [1.165, 1.54) is 6.26 Å². The minimum absolute atomic E-state index is 0.352. The van der Waals surface area contributed by atoms with Crippen molar-refractivity contribution < 1.29 is 8.42 Å². The highest BCUT2D eigenvalue weighted by Crippen LogP contribution is 2.09. The monoisotopic (exact) mass is 200 g/mol. The van der Waals surface area contributed by atoms with E-state index in [0.717, 1.165) is 5.57 Å². The van der Waals surface area contributed by atoms with Crippen LogP contribution in [0.5, 0.6) is 0 Å². The largest absolute Gasteiger partial charge is 0.224 e. The Labute approximate surface area is 80.6 Å². The SMILES string of the molecule is CC=CC=C(C=C(C)C)S(C)(=O)=O. The van der Waals surface area contributed by atoms with E-state index in [-0.39, 0.29) is 0 Å². The highest BCUT2D eigenvalue weighted by Gasteiger charge is 2.06. The van der Waals surface area contributed by atoms with Crippen LogP contribution < -0.4 is 0 Å². The maximum absolute atomic E-state index is 11.2. The standard InChI is InChI=1S/C10H16O2S/c1-5-6-7-10(8-9(2)3)13(4,11)12/h5-8H,1-4H3. The second-order valence-corrected chi connectivity index (χ2v) is 5.10. The van der Waals surface area contributed by atoms with Gasteiger partial charge in [0.25, 0.3) is 0 Å². The van der Waals surface area contributed by atoms with Crippen LogP contribution in [0.15, 0.2) is 34.8 Å². The summed E-state index contributed by atoms with van der Waals surface area (Å²) in [5.41, 5.74) is 0.973. The summed E-state index contributed by atoms with van der Waals surface area (Å²) in [5, 5.41) is 0. The van der Waals surface area contributed by atoms with E-state index in [2.05, 4.69) is 0 Å². The molecule has 0 spiro atoms. The number of rotatable bonds is 3. The zero-order valence-electron chi connectivity index (χ0n) is 8.53. The molecule has 0 aliphatic heterocycles. The Morgan fingerprint density at radius 3 is 2.08 bits per heavy atom. The Morgan fingerprint density at radius 1 is 1.23 bits per heavy atom. The molecule has 74 valence electrons. The first kappa shape index (κ1) is 12.2. The Balaban J connectivity index is 5.13. The summed E-state index contributed by atoms with van der Waals surface area (Å²) in [7, 11) is -3.10. The number of sulfone groups is 1. The van der Waals surface area contributed by atoms with Crippen LogP contribution in [0, 0.1) is 0 Å². The fraction of sp³-hybridized carbons (Fsp3) is 0.400. The van der Waals surface area contributed by atoms with E-state index >= 15 is 0 Å². The van der Waals surface area contributed by atoms with Gasteiger partial charge in [-0.05, 0) is 32.9 Å². The molecule has 0 fully saturated rings. The second-order valence-electron chi connectivity index (χ2n) is 3.09. The van der Waals surface area contributed by atoms with Crippen LogP contribution in [-0.4, -0.2) is 14.7 Å². The van der Waals surface area contributed by atoms with Gasteiger partial charge in [-0.25, -0.2) is 8.42 Å². The summed E-state index contributed by atoms with van der Waals surface area (Å²) in [6.07, 6.45) is 7.99.